The minimum atomic E-state index is 0.363. The van der Waals surface area contributed by atoms with Crippen molar-refractivity contribution < 1.29 is 0 Å². The summed E-state index contributed by atoms with van der Waals surface area (Å²) in [4.78, 5) is 10.7. The third kappa shape index (κ3) is 3.95. The molecule has 19 heavy (non-hydrogen) atoms. The van der Waals surface area contributed by atoms with E-state index >= 15 is 0 Å². The maximum Gasteiger partial charge on any atom is 0.134 e. The van der Waals surface area contributed by atoms with Crippen LogP contribution in [-0.2, 0) is 6.54 Å². The number of aromatic nitrogens is 2. The van der Waals surface area contributed by atoms with E-state index in [1.165, 1.54) is 5.56 Å². The van der Waals surface area contributed by atoms with Crippen molar-refractivity contribution in [3.05, 3.63) is 48.3 Å². The number of nitrogens with zero attached hydrogens (tertiary/aromatic N) is 3. The van der Waals surface area contributed by atoms with Crippen LogP contribution in [0, 0.1) is 0 Å². The summed E-state index contributed by atoms with van der Waals surface area (Å²) in [7, 11) is 2.04. The van der Waals surface area contributed by atoms with Crippen LogP contribution in [-0.4, -0.2) is 23.1 Å². The van der Waals surface area contributed by atoms with Crippen molar-refractivity contribution in [2.45, 2.75) is 26.4 Å². The molecule has 1 aromatic heterocycles. The first-order valence-electron chi connectivity index (χ1n) is 6.49. The SMILES string of the molecule is CC(C)Nc1cc(N(C)Cc2ccccc2)ncn1. The van der Waals surface area contributed by atoms with E-state index < -0.39 is 0 Å². The van der Waals surface area contributed by atoms with Gasteiger partial charge in [0.25, 0.3) is 0 Å². The first-order valence-corrected chi connectivity index (χ1v) is 6.49. The van der Waals surface area contributed by atoms with Gasteiger partial charge in [-0.1, -0.05) is 30.3 Å². The lowest BCUT2D eigenvalue weighted by Gasteiger charge is -2.19. The van der Waals surface area contributed by atoms with Gasteiger partial charge in [-0.05, 0) is 19.4 Å². The van der Waals surface area contributed by atoms with Gasteiger partial charge < -0.3 is 10.2 Å². The van der Waals surface area contributed by atoms with Crippen molar-refractivity contribution in [1.29, 1.82) is 0 Å². The predicted octanol–water partition coefficient (Wildman–Crippen LogP) is 2.93. The van der Waals surface area contributed by atoms with Crippen LogP contribution < -0.4 is 10.2 Å². The summed E-state index contributed by atoms with van der Waals surface area (Å²) in [5, 5.41) is 3.29. The van der Waals surface area contributed by atoms with Crippen molar-refractivity contribution in [3.8, 4) is 0 Å². The molecule has 0 aliphatic heterocycles. The Balaban J connectivity index is 2.08. The van der Waals surface area contributed by atoms with Gasteiger partial charge in [0, 0.05) is 25.7 Å². The average Bonchev–Trinajstić information content (AvgIpc) is 2.39. The summed E-state index contributed by atoms with van der Waals surface area (Å²) in [5.41, 5.74) is 1.27. The Labute approximate surface area is 114 Å². The molecular formula is C15H20N4. The lowest BCUT2D eigenvalue weighted by atomic mass is 10.2. The lowest BCUT2D eigenvalue weighted by Crippen LogP contribution is -2.19. The van der Waals surface area contributed by atoms with Gasteiger partial charge in [-0.15, -0.1) is 0 Å². The van der Waals surface area contributed by atoms with Crippen molar-refractivity contribution in [1.82, 2.24) is 9.97 Å². The van der Waals surface area contributed by atoms with E-state index in [0.717, 1.165) is 18.2 Å². The van der Waals surface area contributed by atoms with Gasteiger partial charge in [-0.3, -0.25) is 0 Å². The Bertz CT molecular complexity index is 511. The van der Waals surface area contributed by atoms with E-state index in [1.54, 1.807) is 6.33 Å². The number of nitrogens with one attached hydrogen (secondary N) is 1. The first kappa shape index (κ1) is 13.3. The molecule has 0 aliphatic carbocycles. The van der Waals surface area contributed by atoms with Crippen LogP contribution >= 0.6 is 0 Å². The Morgan fingerprint density at radius 1 is 1.16 bits per heavy atom. The molecular weight excluding hydrogens is 236 g/mol. The quantitative estimate of drug-likeness (QED) is 0.893. The summed E-state index contributed by atoms with van der Waals surface area (Å²) in [6.07, 6.45) is 1.60. The molecule has 1 aromatic carbocycles. The van der Waals surface area contributed by atoms with Crippen molar-refractivity contribution >= 4 is 11.6 Å². The van der Waals surface area contributed by atoms with Crippen LogP contribution in [0.25, 0.3) is 0 Å². The third-order valence-corrected chi connectivity index (χ3v) is 2.74. The number of anilines is 2. The van der Waals surface area contributed by atoms with Gasteiger partial charge in [0.2, 0.25) is 0 Å². The van der Waals surface area contributed by atoms with E-state index in [-0.39, 0.29) is 0 Å². The van der Waals surface area contributed by atoms with Gasteiger partial charge in [0.15, 0.2) is 0 Å². The van der Waals surface area contributed by atoms with Gasteiger partial charge in [0.1, 0.15) is 18.0 Å². The highest BCUT2D eigenvalue weighted by molar-refractivity contribution is 5.48. The second kappa shape index (κ2) is 6.18. The Kier molecular flexibility index (Phi) is 4.34. The van der Waals surface area contributed by atoms with Gasteiger partial charge in [0.05, 0.1) is 0 Å². The number of hydrogen-bond acceptors (Lipinski definition) is 4. The van der Waals surface area contributed by atoms with E-state index in [2.05, 4.69) is 58.3 Å². The van der Waals surface area contributed by atoms with Crippen LogP contribution in [0.5, 0.6) is 0 Å². The molecule has 1 N–H and O–H groups in total. The average molecular weight is 256 g/mol. The number of benzene rings is 1. The molecule has 0 bridgehead atoms. The fourth-order valence-electron chi connectivity index (χ4n) is 1.87. The molecule has 2 rings (SSSR count). The fraction of sp³-hybridized carbons (Fsp3) is 0.333. The molecule has 0 unspecified atom stereocenters. The summed E-state index contributed by atoms with van der Waals surface area (Å²) in [6, 6.07) is 12.7. The lowest BCUT2D eigenvalue weighted by molar-refractivity contribution is 0.869. The molecule has 0 amide bonds. The standard InChI is InChI=1S/C15H20N4/c1-12(2)18-14-9-15(17-11-16-14)19(3)10-13-7-5-4-6-8-13/h4-9,11-12H,10H2,1-3H3,(H,16,17,18). The molecule has 0 saturated heterocycles. The van der Waals surface area contributed by atoms with E-state index in [4.69, 9.17) is 0 Å². The molecule has 100 valence electrons. The van der Waals surface area contributed by atoms with Crippen molar-refractivity contribution in [2.75, 3.05) is 17.3 Å². The molecule has 1 heterocycles. The first-order chi connectivity index (χ1) is 9.15. The Morgan fingerprint density at radius 3 is 2.58 bits per heavy atom. The molecule has 2 aromatic rings. The predicted molar refractivity (Wildman–Crippen MR) is 79.3 cm³/mol. The van der Waals surface area contributed by atoms with E-state index in [1.807, 2.05) is 19.2 Å². The van der Waals surface area contributed by atoms with Crippen molar-refractivity contribution in [2.24, 2.45) is 0 Å². The molecule has 0 radical (unpaired) electrons. The maximum absolute atomic E-state index is 4.32. The maximum atomic E-state index is 4.32. The smallest absolute Gasteiger partial charge is 0.134 e. The highest BCUT2D eigenvalue weighted by Gasteiger charge is 2.05. The summed E-state index contributed by atoms with van der Waals surface area (Å²) < 4.78 is 0. The molecule has 0 spiro atoms. The van der Waals surface area contributed by atoms with Gasteiger partial charge in [-0.25, -0.2) is 9.97 Å². The van der Waals surface area contributed by atoms with Crippen LogP contribution in [0.1, 0.15) is 19.4 Å². The fourth-order valence-corrected chi connectivity index (χ4v) is 1.87. The van der Waals surface area contributed by atoms with Gasteiger partial charge >= 0.3 is 0 Å². The molecule has 0 aliphatic rings. The molecule has 4 heteroatoms. The van der Waals surface area contributed by atoms with E-state index in [0.29, 0.717) is 6.04 Å². The summed E-state index contributed by atoms with van der Waals surface area (Å²) in [6.45, 7) is 5.02. The largest absolute Gasteiger partial charge is 0.368 e. The zero-order valence-electron chi connectivity index (χ0n) is 11.7. The highest BCUT2D eigenvalue weighted by Crippen LogP contribution is 2.15. The summed E-state index contributed by atoms with van der Waals surface area (Å²) in [5.74, 6) is 1.78. The highest BCUT2D eigenvalue weighted by atomic mass is 15.2. The molecule has 0 atom stereocenters. The Morgan fingerprint density at radius 2 is 1.89 bits per heavy atom. The normalized spacial score (nSPS) is 10.5. The van der Waals surface area contributed by atoms with Gasteiger partial charge in [-0.2, -0.15) is 0 Å². The van der Waals surface area contributed by atoms with Crippen LogP contribution in [0.4, 0.5) is 11.6 Å². The molecule has 4 nitrogen and oxygen atoms in total. The number of rotatable bonds is 5. The number of hydrogen-bond donors (Lipinski definition) is 1. The second-order valence-electron chi connectivity index (χ2n) is 4.90. The van der Waals surface area contributed by atoms with Crippen molar-refractivity contribution in [3.63, 3.8) is 0 Å². The van der Waals surface area contributed by atoms with E-state index in [9.17, 15) is 0 Å². The molecule has 0 fully saturated rings. The zero-order chi connectivity index (χ0) is 13.7. The minimum Gasteiger partial charge on any atom is -0.368 e. The molecule has 0 saturated carbocycles. The minimum absolute atomic E-state index is 0.363. The zero-order valence-corrected chi connectivity index (χ0v) is 11.7. The van der Waals surface area contributed by atoms with Crippen LogP contribution in [0.15, 0.2) is 42.7 Å². The third-order valence-electron chi connectivity index (χ3n) is 2.74. The van der Waals surface area contributed by atoms with Crippen LogP contribution in [0.3, 0.4) is 0 Å². The second-order valence-corrected chi connectivity index (χ2v) is 4.90. The summed E-state index contributed by atoms with van der Waals surface area (Å²) >= 11 is 0. The van der Waals surface area contributed by atoms with Crippen LogP contribution in [0.2, 0.25) is 0 Å². The monoisotopic (exact) mass is 256 g/mol. The topological polar surface area (TPSA) is 41.0 Å². The Hall–Kier alpha value is -2.10.